The van der Waals surface area contributed by atoms with Gasteiger partial charge in [0.2, 0.25) is 5.88 Å². The van der Waals surface area contributed by atoms with Crippen LogP contribution in [0.25, 0.3) is 0 Å². The highest BCUT2D eigenvalue weighted by atomic mass is 79.9. The van der Waals surface area contributed by atoms with Crippen LogP contribution >= 0.6 is 27.5 Å². The first-order valence-electron chi connectivity index (χ1n) is 6.78. The fourth-order valence-corrected chi connectivity index (χ4v) is 2.29. The topological polar surface area (TPSA) is 34.1 Å². The van der Waals surface area contributed by atoms with Crippen LogP contribution in [0, 0.1) is 6.92 Å². The third-order valence-corrected chi connectivity index (χ3v) is 3.78. The molecule has 1 heterocycles. The van der Waals surface area contributed by atoms with Crippen molar-refractivity contribution in [2.24, 2.45) is 0 Å². The van der Waals surface area contributed by atoms with Gasteiger partial charge in [0.15, 0.2) is 0 Å². The van der Waals surface area contributed by atoms with Crippen LogP contribution in [0.1, 0.15) is 25.1 Å². The maximum absolute atomic E-state index is 6.12. The Morgan fingerprint density at radius 3 is 2.71 bits per heavy atom. The molecule has 0 aliphatic heterocycles. The molecule has 0 atom stereocenters. The second-order valence-electron chi connectivity index (χ2n) is 5.11. The van der Waals surface area contributed by atoms with Crippen molar-refractivity contribution in [1.29, 1.82) is 0 Å². The number of rotatable bonds is 5. The summed E-state index contributed by atoms with van der Waals surface area (Å²) in [5.41, 5.74) is 2.11. The van der Waals surface area contributed by atoms with Crippen LogP contribution in [-0.2, 0) is 6.54 Å². The Kier molecular flexibility index (Phi) is 5.62. The van der Waals surface area contributed by atoms with Gasteiger partial charge in [-0.25, -0.2) is 4.98 Å². The Bertz CT molecular complexity index is 632. The lowest BCUT2D eigenvalue weighted by molar-refractivity contribution is 0.460. The van der Waals surface area contributed by atoms with E-state index in [1.807, 2.05) is 31.2 Å². The van der Waals surface area contributed by atoms with Gasteiger partial charge in [-0.05, 0) is 30.7 Å². The van der Waals surface area contributed by atoms with Gasteiger partial charge in [-0.2, -0.15) is 0 Å². The molecule has 0 amide bonds. The van der Waals surface area contributed by atoms with E-state index in [1.54, 1.807) is 6.07 Å². The molecule has 0 spiro atoms. The minimum atomic E-state index is 0.445. The number of hydrogen-bond donors (Lipinski definition) is 1. The standard InChI is InChI=1S/C16H18BrClN2O/c1-10(2)19-9-12-4-7-16(20-11(12)3)21-15-8-13(17)5-6-14(15)18/h4-8,10,19H,9H2,1-3H3. The molecule has 1 N–H and O–H groups in total. The molecule has 5 heteroatoms. The number of hydrogen-bond acceptors (Lipinski definition) is 3. The zero-order valence-corrected chi connectivity index (χ0v) is 14.6. The van der Waals surface area contributed by atoms with E-state index in [2.05, 4.69) is 40.1 Å². The van der Waals surface area contributed by atoms with E-state index in [0.29, 0.717) is 22.7 Å². The fourth-order valence-electron chi connectivity index (χ4n) is 1.79. The lowest BCUT2D eigenvalue weighted by Gasteiger charge is -2.12. The number of nitrogens with zero attached hydrogens (tertiary/aromatic N) is 1. The Morgan fingerprint density at radius 1 is 1.29 bits per heavy atom. The van der Waals surface area contributed by atoms with Crippen LogP contribution < -0.4 is 10.1 Å². The SMILES string of the molecule is Cc1nc(Oc2cc(Br)ccc2Cl)ccc1CNC(C)C. The molecule has 21 heavy (non-hydrogen) atoms. The Hall–Kier alpha value is -1.10. The van der Waals surface area contributed by atoms with Gasteiger partial charge in [0.25, 0.3) is 0 Å². The first kappa shape index (κ1) is 16.3. The van der Waals surface area contributed by atoms with Crippen molar-refractivity contribution in [2.45, 2.75) is 33.4 Å². The third kappa shape index (κ3) is 4.70. The van der Waals surface area contributed by atoms with Crippen LogP contribution in [0.2, 0.25) is 5.02 Å². The average Bonchev–Trinajstić information content (AvgIpc) is 2.42. The first-order valence-corrected chi connectivity index (χ1v) is 7.95. The summed E-state index contributed by atoms with van der Waals surface area (Å²) in [6.45, 7) is 7.02. The van der Waals surface area contributed by atoms with Gasteiger partial charge in [0, 0.05) is 28.8 Å². The number of pyridine rings is 1. The van der Waals surface area contributed by atoms with Crippen molar-refractivity contribution >= 4 is 27.5 Å². The van der Waals surface area contributed by atoms with E-state index in [4.69, 9.17) is 16.3 Å². The molecule has 2 rings (SSSR count). The minimum Gasteiger partial charge on any atom is -0.437 e. The van der Waals surface area contributed by atoms with Crippen molar-refractivity contribution in [3.05, 3.63) is 51.1 Å². The van der Waals surface area contributed by atoms with Gasteiger partial charge in [0.1, 0.15) is 5.75 Å². The highest BCUT2D eigenvalue weighted by Crippen LogP contribution is 2.31. The Morgan fingerprint density at radius 2 is 2.05 bits per heavy atom. The summed E-state index contributed by atoms with van der Waals surface area (Å²) in [5, 5.41) is 3.94. The van der Waals surface area contributed by atoms with E-state index in [0.717, 1.165) is 22.3 Å². The maximum atomic E-state index is 6.12. The fraction of sp³-hybridized carbons (Fsp3) is 0.312. The molecule has 0 radical (unpaired) electrons. The number of nitrogens with one attached hydrogen (secondary N) is 1. The van der Waals surface area contributed by atoms with Crippen LogP contribution in [0.3, 0.4) is 0 Å². The highest BCUT2D eigenvalue weighted by Gasteiger charge is 2.07. The number of halogens is 2. The van der Waals surface area contributed by atoms with Crippen LogP contribution in [-0.4, -0.2) is 11.0 Å². The predicted octanol–water partition coefficient (Wildman–Crippen LogP) is 5.10. The second kappa shape index (κ2) is 7.25. The summed E-state index contributed by atoms with van der Waals surface area (Å²) in [4.78, 5) is 4.48. The number of aromatic nitrogens is 1. The molecule has 3 nitrogen and oxygen atoms in total. The van der Waals surface area contributed by atoms with E-state index in [9.17, 15) is 0 Å². The zero-order chi connectivity index (χ0) is 15.4. The van der Waals surface area contributed by atoms with Crippen molar-refractivity contribution < 1.29 is 4.74 Å². The summed E-state index contributed by atoms with van der Waals surface area (Å²) in [6.07, 6.45) is 0. The molecule has 1 aromatic carbocycles. The normalized spacial score (nSPS) is 11.0. The van der Waals surface area contributed by atoms with Gasteiger partial charge in [0.05, 0.1) is 5.02 Å². The first-order chi connectivity index (χ1) is 9.95. The van der Waals surface area contributed by atoms with Crippen molar-refractivity contribution in [1.82, 2.24) is 10.3 Å². The molecule has 0 aliphatic carbocycles. The molecule has 1 aromatic heterocycles. The van der Waals surface area contributed by atoms with Crippen molar-refractivity contribution in [3.8, 4) is 11.6 Å². The summed E-state index contributed by atoms with van der Waals surface area (Å²) >= 11 is 9.52. The van der Waals surface area contributed by atoms with E-state index in [-0.39, 0.29) is 0 Å². The molecule has 2 aromatic rings. The molecule has 0 unspecified atom stereocenters. The van der Waals surface area contributed by atoms with Gasteiger partial charge >= 0.3 is 0 Å². The summed E-state index contributed by atoms with van der Waals surface area (Å²) in [7, 11) is 0. The summed E-state index contributed by atoms with van der Waals surface area (Å²) < 4.78 is 6.67. The molecule has 0 saturated carbocycles. The molecular weight excluding hydrogens is 352 g/mol. The monoisotopic (exact) mass is 368 g/mol. The van der Waals surface area contributed by atoms with E-state index < -0.39 is 0 Å². The van der Waals surface area contributed by atoms with E-state index >= 15 is 0 Å². The number of ether oxygens (including phenoxy) is 1. The smallest absolute Gasteiger partial charge is 0.219 e. The number of aryl methyl sites for hydroxylation is 1. The lowest BCUT2D eigenvalue weighted by Crippen LogP contribution is -2.22. The van der Waals surface area contributed by atoms with Gasteiger partial charge < -0.3 is 10.1 Å². The number of benzene rings is 1. The molecule has 0 bridgehead atoms. The molecule has 0 fully saturated rings. The van der Waals surface area contributed by atoms with Crippen LogP contribution in [0.4, 0.5) is 0 Å². The van der Waals surface area contributed by atoms with Crippen molar-refractivity contribution in [2.75, 3.05) is 0 Å². The van der Waals surface area contributed by atoms with Gasteiger partial charge in [-0.3, -0.25) is 0 Å². The zero-order valence-electron chi connectivity index (χ0n) is 12.3. The predicted molar refractivity (Wildman–Crippen MR) is 90.2 cm³/mol. The Labute approximate surface area is 138 Å². The second-order valence-corrected chi connectivity index (χ2v) is 6.43. The van der Waals surface area contributed by atoms with Crippen LogP contribution in [0.15, 0.2) is 34.8 Å². The maximum Gasteiger partial charge on any atom is 0.219 e. The highest BCUT2D eigenvalue weighted by molar-refractivity contribution is 9.10. The minimum absolute atomic E-state index is 0.445. The molecule has 112 valence electrons. The van der Waals surface area contributed by atoms with Crippen LogP contribution in [0.5, 0.6) is 11.6 Å². The Balaban J connectivity index is 2.14. The average molecular weight is 370 g/mol. The molecular formula is C16H18BrClN2O. The largest absolute Gasteiger partial charge is 0.437 e. The lowest BCUT2D eigenvalue weighted by atomic mass is 10.2. The molecule has 0 aliphatic rings. The van der Waals surface area contributed by atoms with Gasteiger partial charge in [-0.15, -0.1) is 0 Å². The molecule has 0 saturated heterocycles. The third-order valence-electron chi connectivity index (χ3n) is 2.98. The van der Waals surface area contributed by atoms with Gasteiger partial charge in [-0.1, -0.05) is 47.4 Å². The van der Waals surface area contributed by atoms with Crippen molar-refractivity contribution in [3.63, 3.8) is 0 Å². The summed E-state index contributed by atoms with van der Waals surface area (Å²) in [6, 6.07) is 9.82. The quantitative estimate of drug-likeness (QED) is 0.796. The van der Waals surface area contributed by atoms with E-state index in [1.165, 1.54) is 0 Å². The summed E-state index contributed by atoms with van der Waals surface area (Å²) in [5.74, 6) is 1.13.